The molecular weight excluding hydrogens is 437 g/mol. The van der Waals surface area contributed by atoms with Gasteiger partial charge < -0.3 is 20.1 Å². The highest BCUT2D eigenvalue weighted by Gasteiger charge is 2.65. The van der Waals surface area contributed by atoms with Gasteiger partial charge in [0, 0.05) is 24.4 Å². The highest BCUT2D eigenvalue weighted by atomic mass is 19.4. The maximum Gasteiger partial charge on any atom is 0.417 e. The third kappa shape index (κ3) is 3.96. The smallest absolute Gasteiger partial charge is 0.417 e. The number of carbonyl (C=O) groups excluding carboxylic acids is 1. The zero-order chi connectivity index (χ0) is 23.8. The summed E-state index contributed by atoms with van der Waals surface area (Å²) >= 11 is 0. The van der Waals surface area contributed by atoms with Gasteiger partial charge in [-0.3, -0.25) is 4.79 Å². The second-order valence-corrected chi connectivity index (χ2v) is 7.61. The van der Waals surface area contributed by atoms with Gasteiger partial charge in [0.1, 0.15) is 11.9 Å². The zero-order valence-electron chi connectivity index (χ0n) is 17.7. The molecular formula is C21H22F5N3O3. The molecule has 1 fully saturated rings. The van der Waals surface area contributed by atoms with E-state index in [1.54, 1.807) is 13.1 Å². The Morgan fingerprint density at radius 3 is 2.44 bits per heavy atom. The van der Waals surface area contributed by atoms with Gasteiger partial charge in [0.05, 0.1) is 19.0 Å². The molecule has 1 saturated heterocycles. The summed E-state index contributed by atoms with van der Waals surface area (Å²) in [6, 6.07) is 4.95. The molecule has 1 aliphatic heterocycles. The lowest BCUT2D eigenvalue weighted by molar-refractivity contribution is -0.272. The Labute approximate surface area is 181 Å². The molecule has 3 rings (SSSR count). The molecule has 0 spiro atoms. The molecule has 0 radical (unpaired) electrons. The third-order valence-electron chi connectivity index (χ3n) is 5.86. The van der Waals surface area contributed by atoms with Crippen LogP contribution in [0.15, 0.2) is 30.5 Å². The lowest BCUT2D eigenvalue weighted by atomic mass is 9.77. The van der Waals surface area contributed by atoms with Gasteiger partial charge in [-0.05, 0) is 25.1 Å². The van der Waals surface area contributed by atoms with Gasteiger partial charge in [-0.2, -0.15) is 17.6 Å². The highest BCUT2D eigenvalue weighted by Crippen LogP contribution is 2.54. The summed E-state index contributed by atoms with van der Waals surface area (Å²) in [5, 5.41) is 5.27. The van der Waals surface area contributed by atoms with Gasteiger partial charge in [-0.25, -0.2) is 9.37 Å². The van der Waals surface area contributed by atoms with Crippen LogP contribution in [0, 0.1) is 17.6 Å². The summed E-state index contributed by atoms with van der Waals surface area (Å²) in [6.45, 7) is 2.07. The van der Waals surface area contributed by atoms with Gasteiger partial charge in [0.25, 0.3) is 5.91 Å². The summed E-state index contributed by atoms with van der Waals surface area (Å²) in [4.78, 5) is 17.0. The molecule has 0 aliphatic carbocycles. The molecule has 4 atom stereocenters. The van der Waals surface area contributed by atoms with Crippen molar-refractivity contribution >= 4 is 17.4 Å². The Bertz CT molecular complexity index is 999. The third-order valence-corrected chi connectivity index (χ3v) is 5.86. The molecule has 32 heavy (non-hydrogen) atoms. The lowest BCUT2D eigenvalue weighted by Gasteiger charge is -2.32. The lowest BCUT2D eigenvalue weighted by Crippen LogP contribution is -2.47. The van der Waals surface area contributed by atoms with Crippen molar-refractivity contribution in [3.63, 3.8) is 0 Å². The predicted octanol–water partition coefficient (Wildman–Crippen LogP) is 4.49. The maximum atomic E-state index is 14.3. The van der Waals surface area contributed by atoms with E-state index >= 15 is 0 Å². The van der Waals surface area contributed by atoms with Crippen LogP contribution in [0.25, 0.3) is 0 Å². The summed E-state index contributed by atoms with van der Waals surface area (Å²) in [5.41, 5.74) is -2.60. The monoisotopic (exact) mass is 459 g/mol. The molecule has 2 aromatic rings. The summed E-state index contributed by atoms with van der Waals surface area (Å²) in [7, 11) is 2.71. The average molecular weight is 459 g/mol. The fourth-order valence-corrected chi connectivity index (χ4v) is 3.87. The zero-order valence-corrected chi connectivity index (χ0v) is 17.7. The van der Waals surface area contributed by atoms with Crippen molar-refractivity contribution in [2.24, 2.45) is 5.92 Å². The number of methoxy groups -OCH3 is 1. The van der Waals surface area contributed by atoms with Gasteiger partial charge in [-0.1, -0.05) is 13.0 Å². The largest absolute Gasteiger partial charge is 0.493 e. The molecule has 6 nitrogen and oxygen atoms in total. The Balaban J connectivity index is 2.05. The number of benzene rings is 1. The summed E-state index contributed by atoms with van der Waals surface area (Å²) < 4.78 is 80.1. The first-order valence-electron chi connectivity index (χ1n) is 9.65. The van der Waals surface area contributed by atoms with Crippen LogP contribution in [0.5, 0.6) is 5.75 Å². The first-order chi connectivity index (χ1) is 14.9. The highest BCUT2D eigenvalue weighted by molar-refractivity contribution is 5.95. The minimum Gasteiger partial charge on any atom is -0.493 e. The number of pyridine rings is 1. The van der Waals surface area contributed by atoms with Crippen LogP contribution < -0.4 is 15.4 Å². The van der Waals surface area contributed by atoms with E-state index in [2.05, 4.69) is 15.6 Å². The number of nitrogens with zero attached hydrogens (tertiary/aromatic N) is 1. The number of ether oxygens (including phenoxy) is 2. The van der Waals surface area contributed by atoms with Crippen molar-refractivity contribution in [1.82, 2.24) is 4.98 Å². The number of hydrogen-bond donors (Lipinski definition) is 2. The van der Waals surface area contributed by atoms with Crippen molar-refractivity contribution in [2.45, 2.75) is 37.6 Å². The van der Waals surface area contributed by atoms with E-state index in [-0.39, 0.29) is 11.3 Å². The number of nitrogens with one attached hydrogen (secondary N) is 2. The first-order valence-corrected chi connectivity index (χ1v) is 9.65. The van der Waals surface area contributed by atoms with E-state index in [0.717, 1.165) is 26.2 Å². The Kier molecular flexibility index (Phi) is 6.32. The van der Waals surface area contributed by atoms with E-state index in [1.165, 1.54) is 19.2 Å². The van der Waals surface area contributed by atoms with Crippen molar-refractivity contribution in [3.8, 4) is 5.75 Å². The molecule has 1 aliphatic rings. The molecule has 11 heteroatoms. The number of aromatic nitrogens is 1. The number of anilines is 2. The Hall–Kier alpha value is -2.95. The van der Waals surface area contributed by atoms with Crippen LogP contribution in [0.1, 0.15) is 25.3 Å². The molecule has 1 aromatic heterocycles. The van der Waals surface area contributed by atoms with Crippen LogP contribution >= 0.6 is 0 Å². The number of halogens is 5. The van der Waals surface area contributed by atoms with E-state index in [9.17, 15) is 26.7 Å². The fraction of sp³-hybridized carbons (Fsp3) is 0.429. The second-order valence-electron chi connectivity index (χ2n) is 7.61. The Morgan fingerprint density at radius 2 is 1.91 bits per heavy atom. The van der Waals surface area contributed by atoms with E-state index in [0.29, 0.717) is 5.82 Å². The average Bonchev–Trinajstić information content (AvgIpc) is 3.02. The summed E-state index contributed by atoms with van der Waals surface area (Å²) in [6.07, 6.45) is -5.18. The van der Waals surface area contributed by atoms with Gasteiger partial charge >= 0.3 is 6.18 Å². The predicted molar refractivity (Wildman–Crippen MR) is 107 cm³/mol. The minimum absolute atomic E-state index is 0.101. The quantitative estimate of drug-likeness (QED) is 0.645. The maximum absolute atomic E-state index is 14.3. The van der Waals surface area contributed by atoms with E-state index in [4.69, 9.17) is 9.47 Å². The molecule has 2 N–H and O–H groups in total. The first kappa shape index (κ1) is 23.7. The van der Waals surface area contributed by atoms with Crippen LogP contribution in [-0.2, 0) is 9.53 Å². The summed E-state index contributed by atoms with van der Waals surface area (Å²) in [5.74, 6) is -6.15. The van der Waals surface area contributed by atoms with Crippen LogP contribution in [0.2, 0.25) is 0 Å². The molecule has 174 valence electrons. The van der Waals surface area contributed by atoms with Crippen molar-refractivity contribution < 1.29 is 36.2 Å². The standard InChI is InChI=1S/C21H22F5N3O3/c1-10-15(12-6-7-13(22)16(23)17(12)31-4)18(32-20(10,2)21(24,25)26)19(30)29-11-5-8-14(27-3)28-9-11/h5-10,15,18H,1-4H3,(H,27,28)(H,29,30)/t10-,15-,18+,20+/m0/s1. The molecule has 0 bridgehead atoms. The molecule has 0 unspecified atom stereocenters. The van der Waals surface area contributed by atoms with Gasteiger partial charge in [0.2, 0.25) is 5.82 Å². The number of alkyl halides is 3. The van der Waals surface area contributed by atoms with Gasteiger partial charge in [-0.15, -0.1) is 0 Å². The molecule has 2 heterocycles. The minimum atomic E-state index is -4.83. The molecule has 1 amide bonds. The SMILES string of the molecule is CNc1ccc(NC(=O)[C@@H]2O[C@@](C)(C(F)(F)F)[C@@H](C)[C@H]2c2ccc(F)c(F)c2OC)cn1. The van der Waals surface area contributed by atoms with Crippen molar-refractivity contribution in [3.05, 3.63) is 47.7 Å². The van der Waals surface area contributed by atoms with Crippen LogP contribution in [-0.4, -0.2) is 42.9 Å². The van der Waals surface area contributed by atoms with Crippen molar-refractivity contribution in [1.29, 1.82) is 0 Å². The topological polar surface area (TPSA) is 72.5 Å². The van der Waals surface area contributed by atoms with Crippen LogP contribution in [0.3, 0.4) is 0 Å². The number of amides is 1. The number of carbonyl (C=O) groups is 1. The number of rotatable bonds is 5. The van der Waals surface area contributed by atoms with Crippen molar-refractivity contribution in [2.75, 3.05) is 24.8 Å². The fourth-order valence-electron chi connectivity index (χ4n) is 3.87. The normalized spacial score (nSPS) is 25.5. The molecule has 1 aromatic carbocycles. The van der Waals surface area contributed by atoms with Crippen LogP contribution in [0.4, 0.5) is 33.5 Å². The van der Waals surface area contributed by atoms with E-state index in [1.807, 2.05) is 0 Å². The van der Waals surface area contributed by atoms with E-state index < -0.39 is 53.0 Å². The number of hydrogen-bond acceptors (Lipinski definition) is 5. The van der Waals surface area contributed by atoms with Gasteiger partial charge in [0.15, 0.2) is 17.2 Å². The second kappa shape index (κ2) is 8.53. The molecule has 0 saturated carbocycles. The Morgan fingerprint density at radius 1 is 1.22 bits per heavy atom.